The number of nitrogens with one attached hydrogen (secondary N) is 1. The fourth-order valence-corrected chi connectivity index (χ4v) is 4.44. The first-order valence-corrected chi connectivity index (χ1v) is 7.44. The summed E-state index contributed by atoms with van der Waals surface area (Å²) in [5, 5.41) is 5.98. The summed E-state index contributed by atoms with van der Waals surface area (Å²) in [6, 6.07) is 2.29. The Morgan fingerprint density at radius 1 is 1.53 bits per heavy atom. The molecule has 1 unspecified atom stereocenters. The summed E-state index contributed by atoms with van der Waals surface area (Å²) >= 11 is 5.44. The van der Waals surface area contributed by atoms with Gasteiger partial charge in [0.15, 0.2) is 0 Å². The molecule has 1 saturated heterocycles. The molecule has 0 aromatic carbocycles. The van der Waals surface area contributed by atoms with E-state index in [2.05, 4.69) is 32.7 Å². The summed E-state index contributed by atoms with van der Waals surface area (Å²) in [6.07, 6.45) is 6.88. The van der Waals surface area contributed by atoms with Gasteiger partial charge in [0.1, 0.15) is 0 Å². The van der Waals surface area contributed by atoms with Crippen molar-refractivity contribution >= 4 is 27.3 Å². The number of halogens is 1. The van der Waals surface area contributed by atoms with E-state index in [9.17, 15) is 0 Å². The van der Waals surface area contributed by atoms with E-state index in [1.54, 1.807) is 0 Å². The van der Waals surface area contributed by atoms with Gasteiger partial charge >= 0.3 is 0 Å². The van der Waals surface area contributed by atoms with Crippen LogP contribution in [0, 0.1) is 5.92 Å². The Labute approximate surface area is 103 Å². The molecule has 0 amide bonds. The molecule has 1 aromatic rings. The Morgan fingerprint density at radius 2 is 2.40 bits per heavy atom. The number of rotatable bonds is 3. The van der Waals surface area contributed by atoms with Gasteiger partial charge < -0.3 is 5.32 Å². The van der Waals surface area contributed by atoms with E-state index in [1.165, 1.54) is 48.0 Å². The molecule has 2 heterocycles. The molecule has 15 heavy (non-hydrogen) atoms. The topological polar surface area (TPSA) is 12.0 Å². The monoisotopic (exact) mass is 285 g/mol. The van der Waals surface area contributed by atoms with Crippen LogP contribution in [0.3, 0.4) is 0 Å². The second-order valence-corrected chi connectivity index (χ2v) is 6.78. The van der Waals surface area contributed by atoms with E-state index in [0.29, 0.717) is 5.54 Å². The molecule has 1 aliphatic carbocycles. The predicted molar refractivity (Wildman–Crippen MR) is 68.4 cm³/mol. The molecule has 3 rings (SSSR count). The van der Waals surface area contributed by atoms with Gasteiger partial charge in [0.05, 0.1) is 0 Å². The maximum Gasteiger partial charge on any atom is 0.0285 e. The third-order valence-electron chi connectivity index (χ3n) is 3.75. The van der Waals surface area contributed by atoms with Crippen LogP contribution < -0.4 is 5.32 Å². The van der Waals surface area contributed by atoms with Crippen molar-refractivity contribution in [3.8, 4) is 0 Å². The van der Waals surface area contributed by atoms with E-state index in [-0.39, 0.29) is 0 Å². The SMILES string of the molecule is Brc1csc(CC2(C3CC3)CCCN2)c1. The summed E-state index contributed by atoms with van der Waals surface area (Å²) in [4.78, 5) is 1.53. The Bertz CT molecular complexity index is 350. The number of hydrogen-bond donors (Lipinski definition) is 1. The third kappa shape index (κ3) is 2.02. The Balaban J connectivity index is 1.78. The standard InChI is InChI=1S/C12H16BrNS/c13-10-6-11(15-8-10)7-12(9-2-3-9)4-1-5-14-12/h6,8-9,14H,1-5,7H2. The highest BCUT2D eigenvalue weighted by Gasteiger charge is 2.46. The van der Waals surface area contributed by atoms with Gasteiger partial charge in [-0.15, -0.1) is 11.3 Å². The minimum atomic E-state index is 0.463. The molecule has 2 fully saturated rings. The molecular weight excluding hydrogens is 270 g/mol. The van der Waals surface area contributed by atoms with Crippen molar-refractivity contribution in [1.82, 2.24) is 5.32 Å². The Hall–Kier alpha value is 0.140. The largest absolute Gasteiger partial charge is 0.311 e. The number of thiophene rings is 1. The molecule has 0 radical (unpaired) electrons. The maximum absolute atomic E-state index is 3.78. The highest BCUT2D eigenvalue weighted by atomic mass is 79.9. The molecule has 1 aromatic heterocycles. The fraction of sp³-hybridized carbons (Fsp3) is 0.667. The Morgan fingerprint density at radius 3 is 2.93 bits per heavy atom. The molecule has 1 atom stereocenters. The van der Waals surface area contributed by atoms with E-state index >= 15 is 0 Å². The molecule has 0 bridgehead atoms. The van der Waals surface area contributed by atoms with Crippen molar-refractivity contribution in [2.75, 3.05) is 6.54 Å². The van der Waals surface area contributed by atoms with Crippen molar-refractivity contribution < 1.29 is 0 Å². The zero-order valence-electron chi connectivity index (χ0n) is 8.76. The highest BCUT2D eigenvalue weighted by molar-refractivity contribution is 9.10. The maximum atomic E-state index is 3.78. The minimum Gasteiger partial charge on any atom is -0.311 e. The van der Waals surface area contributed by atoms with E-state index in [1.807, 2.05) is 11.3 Å². The van der Waals surface area contributed by atoms with E-state index in [0.717, 1.165) is 5.92 Å². The molecular formula is C12H16BrNS. The van der Waals surface area contributed by atoms with Gasteiger partial charge in [-0.05, 0) is 60.1 Å². The second-order valence-electron chi connectivity index (χ2n) is 4.87. The number of hydrogen-bond acceptors (Lipinski definition) is 2. The fourth-order valence-electron chi connectivity index (χ4n) is 2.87. The van der Waals surface area contributed by atoms with Gasteiger partial charge in [-0.3, -0.25) is 0 Å². The van der Waals surface area contributed by atoms with Gasteiger partial charge in [-0.1, -0.05) is 0 Å². The van der Waals surface area contributed by atoms with Gasteiger partial charge in [0, 0.05) is 26.7 Å². The van der Waals surface area contributed by atoms with Crippen LogP contribution in [0.4, 0.5) is 0 Å². The quantitative estimate of drug-likeness (QED) is 0.895. The molecule has 1 saturated carbocycles. The van der Waals surface area contributed by atoms with Gasteiger partial charge in [-0.25, -0.2) is 0 Å². The van der Waals surface area contributed by atoms with Crippen molar-refractivity contribution in [3.05, 3.63) is 20.8 Å². The lowest BCUT2D eigenvalue weighted by atomic mass is 9.87. The van der Waals surface area contributed by atoms with Gasteiger partial charge in [-0.2, -0.15) is 0 Å². The minimum absolute atomic E-state index is 0.463. The van der Waals surface area contributed by atoms with Crippen LogP contribution in [0.1, 0.15) is 30.6 Å². The molecule has 2 aliphatic rings. The van der Waals surface area contributed by atoms with Crippen molar-refractivity contribution in [1.29, 1.82) is 0 Å². The normalized spacial score (nSPS) is 31.0. The van der Waals surface area contributed by atoms with Crippen molar-refractivity contribution in [2.24, 2.45) is 5.92 Å². The second kappa shape index (κ2) is 3.86. The van der Waals surface area contributed by atoms with Gasteiger partial charge in [0.2, 0.25) is 0 Å². The smallest absolute Gasteiger partial charge is 0.0285 e. The van der Waals surface area contributed by atoms with Crippen LogP contribution in [0.25, 0.3) is 0 Å². The predicted octanol–water partition coefficient (Wildman–Crippen LogP) is 3.59. The van der Waals surface area contributed by atoms with Crippen molar-refractivity contribution in [3.63, 3.8) is 0 Å². The first kappa shape index (κ1) is 10.3. The van der Waals surface area contributed by atoms with E-state index < -0.39 is 0 Å². The average Bonchev–Trinajstić information content (AvgIpc) is 2.86. The van der Waals surface area contributed by atoms with Crippen LogP contribution >= 0.6 is 27.3 Å². The zero-order chi connectivity index (χ0) is 10.3. The molecule has 82 valence electrons. The van der Waals surface area contributed by atoms with Crippen LogP contribution in [0.2, 0.25) is 0 Å². The van der Waals surface area contributed by atoms with Crippen LogP contribution in [0.5, 0.6) is 0 Å². The molecule has 0 spiro atoms. The first-order valence-electron chi connectivity index (χ1n) is 5.76. The molecule has 1 N–H and O–H groups in total. The lowest BCUT2D eigenvalue weighted by Crippen LogP contribution is -2.43. The van der Waals surface area contributed by atoms with Crippen molar-refractivity contribution in [2.45, 2.75) is 37.6 Å². The van der Waals surface area contributed by atoms with Gasteiger partial charge in [0.25, 0.3) is 0 Å². The highest BCUT2D eigenvalue weighted by Crippen LogP contribution is 2.46. The lowest BCUT2D eigenvalue weighted by Gasteiger charge is -2.29. The van der Waals surface area contributed by atoms with E-state index in [4.69, 9.17) is 0 Å². The van der Waals surface area contributed by atoms with Crippen LogP contribution in [-0.2, 0) is 6.42 Å². The summed E-state index contributed by atoms with van der Waals surface area (Å²) < 4.78 is 1.24. The van der Waals surface area contributed by atoms with Crippen LogP contribution in [0.15, 0.2) is 15.9 Å². The molecule has 3 heteroatoms. The lowest BCUT2D eigenvalue weighted by molar-refractivity contribution is 0.325. The molecule has 1 aliphatic heterocycles. The average molecular weight is 286 g/mol. The summed E-state index contributed by atoms with van der Waals surface area (Å²) in [6.45, 7) is 1.23. The first-order chi connectivity index (χ1) is 7.28. The Kier molecular flexibility index (Phi) is 2.65. The zero-order valence-corrected chi connectivity index (χ0v) is 11.2. The molecule has 1 nitrogen and oxygen atoms in total. The third-order valence-corrected chi connectivity index (χ3v) is 5.44. The van der Waals surface area contributed by atoms with Crippen LogP contribution in [-0.4, -0.2) is 12.1 Å². The summed E-state index contributed by atoms with van der Waals surface area (Å²) in [5.74, 6) is 0.959. The summed E-state index contributed by atoms with van der Waals surface area (Å²) in [7, 11) is 0. The summed E-state index contributed by atoms with van der Waals surface area (Å²) in [5.41, 5.74) is 0.463.